The predicted octanol–water partition coefficient (Wildman–Crippen LogP) is 3.10. The quantitative estimate of drug-likeness (QED) is 0.806. The van der Waals surface area contributed by atoms with Gasteiger partial charge in [-0.05, 0) is 49.1 Å². The second-order valence-electron chi connectivity index (χ2n) is 6.43. The van der Waals surface area contributed by atoms with Gasteiger partial charge in [-0.2, -0.15) is 5.10 Å². The summed E-state index contributed by atoms with van der Waals surface area (Å²) in [5.41, 5.74) is 5.05. The average molecular weight is 320 g/mol. The van der Waals surface area contributed by atoms with Crippen LogP contribution in [0.15, 0.2) is 36.7 Å². The lowest BCUT2D eigenvalue weighted by Crippen LogP contribution is -2.29. The van der Waals surface area contributed by atoms with E-state index in [-0.39, 0.29) is 5.91 Å². The normalized spacial score (nSPS) is 14.5. The molecule has 1 saturated heterocycles. The van der Waals surface area contributed by atoms with E-state index in [2.05, 4.69) is 29.3 Å². The number of carbonyl (C=O) groups excluding carboxylic acids is 1. The minimum Gasteiger partial charge on any atom is -0.342 e. The summed E-state index contributed by atoms with van der Waals surface area (Å²) in [7, 11) is 0. The standard InChI is InChI=1S/C19H20N4O/c1-13-8-18(15-11-20-21-12-15)22-17-5-4-14(9-16(13)17)10-19(24)23-6-2-3-7-23/h4-5,8-9,11-12H,2-3,6-7,10H2,1H3,(H,20,21). The Hall–Kier alpha value is -2.69. The Labute approximate surface area is 140 Å². The lowest BCUT2D eigenvalue weighted by atomic mass is 10.0. The molecule has 0 radical (unpaired) electrons. The summed E-state index contributed by atoms with van der Waals surface area (Å²) in [6.45, 7) is 3.89. The zero-order valence-electron chi connectivity index (χ0n) is 13.7. The van der Waals surface area contributed by atoms with E-state index >= 15 is 0 Å². The minimum absolute atomic E-state index is 0.229. The van der Waals surface area contributed by atoms with E-state index < -0.39 is 0 Å². The fourth-order valence-corrected chi connectivity index (χ4v) is 3.34. The number of fused-ring (bicyclic) bond motifs is 1. The van der Waals surface area contributed by atoms with Crippen molar-refractivity contribution in [3.63, 3.8) is 0 Å². The van der Waals surface area contributed by atoms with Gasteiger partial charge in [-0.3, -0.25) is 9.89 Å². The summed E-state index contributed by atoms with van der Waals surface area (Å²) >= 11 is 0. The van der Waals surface area contributed by atoms with E-state index in [4.69, 9.17) is 4.98 Å². The van der Waals surface area contributed by atoms with Crippen molar-refractivity contribution in [2.75, 3.05) is 13.1 Å². The zero-order valence-corrected chi connectivity index (χ0v) is 13.7. The van der Waals surface area contributed by atoms with Crippen LogP contribution in [0.1, 0.15) is 24.0 Å². The van der Waals surface area contributed by atoms with Crippen LogP contribution in [-0.4, -0.2) is 39.1 Å². The van der Waals surface area contributed by atoms with Crippen LogP contribution >= 0.6 is 0 Å². The molecule has 1 aliphatic heterocycles. The molecule has 1 aromatic carbocycles. The van der Waals surface area contributed by atoms with Gasteiger partial charge in [-0.15, -0.1) is 0 Å². The van der Waals surface area contributed by atoms with E-state index in [9.17, 15) is 4.79 Å². The molecule has 4 rings (SSSR count). The number of nitrogens with zero attached hydrogens (tertiary/aromatic N) is 3. The van der Waals surface area contributed by atoms with Crippen LogP contribution in [0.25, 0.3) is 22.2 Å². The van der Waals surface area contributed by atoms with Crippen molar-refractivity contribution < 1.29 is 4.79 Å². The number of H-pyrrole nitrogens is 1. The highest BCUT2D eigenvalue weighted by molar-refractivity contribution is 5.87. The van der Waals surface area contributed by atoms with Crippen molar-refractivity contribution in [2.24, 2.45) is 0 Å². The van der Waals surface area contributed by atoms with Crippen LogP contribution in [-0.2, 0) is 11.2 Å². The van der Waals surface area contributed by atoms with Crippen molar-refractivity contribution in [3.05, 3.63) is 47.8 Å². The highest BCUT2D eigenvalue weighted by atomic mass is 16.2. The maximum absolute atomic E-state index is 12.3. The minimum atomic E-state index is 0.229. The van der Waals surface area contributed by atoms with Crippen molar-refractivity contribution in [2.45, 2.75) is 26.2 Å². The highest BCUT2D eigenvalue weighted by Gasteiger charge is 2.18. The fourth-order valence-electron chi connectivity index (χ4n) is 3.34. The van der Waals surface area contributed by atoms with Gasteiger partial charge in [0.25, 0.3) is 0 Å². The number of rotatable bonds is 3. The van der Waals surface area contributed by atoms with Crippen molar-refractivity contribution in [1.29, 1.82) is 0 Å². The molecule has 1 aliphatic rings. The molecule has 5 heteroatoms. The molecule has 0 unspecified atom stereocenters. The number of carbonyl (C=O) groups is 1. The molecule has 0 aliphatic carbocycles. The molecule has 122 valence electrons. The molecule has 2 aromatic heterocycles. The maximum atomic E-state index is 12.3. The SMILES string of the molecule is Cc1cc(-c2cn[nH]c2)nc2ccc(CC(=O)N3CCCC3)cc12. The van der Waals surface area contributed by atoms with Gasteiger partial charge in [0.2, 0.25) is 5.91 Å². The van der Waals surface area contributed by atoms with Gasteiger partial charge in [0.1, 0.15) is 0 Å². The van der Waals surface area contributed by atoms with E-state index in [1.54, 1.807) is 6.20 Å². The van der Waals surface area contributed by atoms with Crippen molar-refractivity contribution >= 4 is 16.8 Å². The molecule has 0 atom stereocenters. The third-order valence-corrected chi connectivity index (χ3v) is 4.69. The maximum Gasteiger partial charge on any atom is 0.226 e. The molecular formula is C19H20N4O. The predicted molar refractivity (Wildman–Crippen MR) is 93.6 cm³/mol. The van der Waals surface area contributed by atoms with Gasteiger partial charge in [0.15, 0.2) is 0 Å². The van der Waals surface area contributed by atoms with E-state index in [1.807, 2.05) is 23.2 Å². The molecular weight excluding hydrogens is 300 g/mol. The number of pyridine rings is 1. The molecule has 3 heterocycles. The highest BCUT2D eigenvalue weighted by Crippen LogP contribution is 2.25. The zero-order chi connectivity index (χ0) is 16.5. The van der Waals surface area contributed by atoms with Crippen LogP contribution in [0.5, 0.6) is 0 Å². The Kier molecular flexibility index (Phi) is 3.76. The lowest BCUT2D eigenvalue weighted by Gasteiger charge is -2.15. The molecule has 1 N–H and O–H groups in total. The fraction of sp³-hybridized carbons (Fsp3) is 0.316. The van der Waals surface area contributed by atoms with Crippen molar-refractivity contribution in [1.82, 2.24) is 20.1 Å². The van der Waals surface area contributed by atoms with E-state index in [1.165, 1.54) is 0 Å². The third kappa shape index (κ3) is 2.77. The number of aromatic amines is 1. The van der Waals surface area contributed by atoms with Gasteiger partial charge in [0.05, 0.1) is 23.8 Å². The number of nitrogens with one attached hydrogen (secondary N) is 1. The van der Waals surface area contributed by atoms with E-state index in [0.717, 1.165) is 59.2 Å². The first-order chi connectivity index (χ1) is 11.7. The molecule has 24 heavy (non-hydrogen) atoms. The first kappa shape index (κ1) is 14.9. The van der Waals surface area contributed by atoms with E-state index in [0.29, 0.717) is 6.42 Å². The number of hydrogen-bond donors (Lipinski definition) is 1. The molecule has 0 saturated carbocycles. The summed E-state index contributed by atoms with van der Waals surface area (Å²) in [4.78, 5) is 19.0. The van der Waals surface area contributed by atoms with Crippen LogP contribution in [0.4, 0.5) is 0 Å². The first-order valence-corrected chi connectivity index (χ1v) is 8.38. The van der Waals surface area contributed by atoms with Crippen LogP contribution in [0, 0.1) is 6.92 Å². The number of likely N-dealkylation sites (tertiary alicyclic amines) is 1. The molecule has 5 nitrogen and oxygen atoms in total. The average Bonchev–Trinajstić information content (AvgIpc) is 3.29. The molecule has 1 amide bonds. The van der Waals surface area contributed by atoms with Gasteiger partial charge >= 0.3 is 0 Å². The molecule has 0 spiro atoms. The first-order valence-electron chi connectivity index (χ1n) is 8.38. The van der Waals surface area contributed by atoms with Crippen LogP contribution < -0.4 is 0 Å². The number of amides is 1. The third-order valence-electron chi connectivity index (χ3n) is 4.69. The summed E-state index contributed by atoms with van der Waals surface area (Å²) in [5.74, 6) is 0.229. The topological polar surface area (TPSA) is 61.9 Å². The van der Waals surface area contributed by atoms with Gasteiger partial charge in [-0.1, -0.05) is 6.07 Å². The Morgan fingerprint density at radius 3 is 2.83 bits per heavy atom. The Morgan fingerprint density at radius 2 is 2.08 bits per heavy atom. The molecule has 1 fully saturated rings. The summed E-state index contributed by atoms with van der Waals surface area (Å²) in [6.07, 6.45) is 6.35. The van der Waals surface area contributed by atoms with Crippen LogP contribution in [0.3, 0.4) is 0 Å². The monoisotopic (exact) mass is 320 g/mol. The summed E-state index contributed by atoms with van der Waals surface area (Å²) < 4.78 is 0. The second kappa shape index (κ2) is 6.07. The summed E-state index contributed by atoms with van der Waals surface area (Å²) in [6, 6.07) is 8.20. The van der Waals surface area contributed by atoms with Crippen molar-refractivity contribution in [3.8, 4) is 11.3 Å². The second-order valence-corrected chi connectivity index (χ2v) is 6.43. The van der Waals surface area contributed by atoms with Gasteiger partial charge in [-0.25, -0.2) is 4.98 Å². The Bertz CT molecular complexity index is 880. The molecule has 3 aromatic rings. The van der Waals surface area contributed by atoms with Gasteiger partial charge in [0, 0.05) is 30.2 Å². The summed E-state index contributed by atoms with van der Waals surface area (Å²) in [5, 5.41) is 7.91. The largest absolute Gasteiger partial charge is 0.342 e. The van der Waals surface area contributed by atoms with Crippen LogP contribution in [0.2, 0.25) is 0 Å². The number of aryl methyl sites for hydroxylation is 1. The molecule has 0 bridgehead atoms. The number of hydrogen-bond acceptors (Lipinski definition) is 3. The van der Waals surface area contributed by atoms with Gasteiger partial charge < -0.3 is 4.90 Å². The lowest BCUT2D eigenvalue weighted by molar-refractivity contribution is -0.129. The smallest absolute Gasteiger partial charge is 0.226 e. The Balaban J connectivity index is 1.64. The number of aromatic nitrogens is 3. The number of benzene rings is 1. The Morgan fingerprint density at radius 1 is 1.25 bits per heavy atom.